The Bertz CT molecular complexity index is 665. The van der Waals surface area contributed by atoms with E-state index in [4.69, 9.17) is 11.6 Å². The SMILES string of the molecule is CC(C)(c1ccc(Cl)s1)c1nnc(CC2CC2)n1C1CC1. The molecule has 2 fully saturated rings. The van der Waals surface area contributed by atoms with Crippen LogP contribution in [0.3, 0.4) is 0 Å². The Kier molecular flexibility index (Phi) is 3.16. The smallest absolute Gasteiger partial charge is 0.144 e. The van der Waals surface area contributed by atoms with Crippen LogP contribution in [0, 0.1) is 5.92 Å². The summed E-state index contributed by atoms with van der Waals surface area (Å²) < 4.78 is 3.28. The summed E-state index contributed by atoms with van der Waals surface area (Å²) in [5, 5.41) is 9.13. The van der Waals surface area contributed by atoms with Gasteiger partial charge in [0.1, 0.15) is 11.6 Å². The number of rotatable bonds is 5. The van der Waals surface area contributed by atoms with Crippen LogP contribution >= 0.6 is 22.9 Å². The fourth-order valence-corrected chi connectivity index (χ4v) is 4.09. The Hall–Kier alpha value is -0.870. The average Bonchev–Trinajstić information content (AvgIpc) is 3.35. The highest BCUT2D eigenvalue weighted by Gasteiger charge is 2.38. The van der Waals surface area contributed by atoms with Crippen LogP contribution < -0.4 is 0 Å². The summed E-state index contributed by atoms with van der Waals surface area (Å²) >= 11 is 7.78. The van der Waals surface area contributed by atoms with Gasteiger partial charge in [-0.2, -0.15) is 0 Å². The second-order valence-corrected chi connectivity index (χ2v) is 8.63. The monoisotopic (exact) mass is 321 g/mol. The van der Waals surface area contributed by atoms with Crippen molar-refractivity contribution in [3.63, 3.8) is 0 Å². The molecule has 2 heterocycles. The molecule has 2 aliphatic rings. The molecule has 0 spiro atoms. The summed E-state index contributed by atoms with van der Waals surface area (Å²) in [6.07, 6.45) is 6.35. The van der Waals surface area contributed by atoms with Gasteiger partial charge in [0, 0.05) is 17.3 Å². The van der Waals surface area contributed by atoms with Crippen molar-refractivity contribution in [1.29, 1.82) is 0 Å². The molecule has 0 bridgehead atoms. The molecule has 2 aliphatic carbocycles. The molecule has 21 heavy (non-hydrogen) atoms. The molecule has 0 saturated heterocycles. The Morgan fingerprint density at radius 2 is 2.00 bits per heavy atom. The van der Waals surface area contributed by atoms with E-state index in [2.05, 4.69) is 34.7 Å². The van der Waals surface area contributed by atoms with Gasteiger partial charge in [0.25, 0.3) is 0 Å². The van der Waals surface area contributed by atoms with Gasteiger partial charge in [-0.05, 0) is 57.6 Å². The molecule has 2 aromatic heterocycles. The molecule has 3 nitrogen and oxygen atoms in total. The van der Waals surface area contributed by atoms with Crippen LogP contribution in [0.1, 0.15) is 62.1 Å². The van der Waals surface area contributed by atoms with Crippen LogP contribution in [-0.4, -0.2) is 14.8 Å². The minimum absolute atomic E-state index is 0.130. The van der Waals surface area contributed by atoms with Gasteiger partial charge >= 0.3 is 0 Å². The standard InChI is InChI=1S/C16H20ClN3S/c1-16(2,12-7-8-13(17)21-12)15-19-18-14(9-10-3-4-10)20(15)11-5-6-11/h7-8,10-11H,3-6,9H2,1-2H3. The van der Waals surface area contributed by atoms with Crippen molar-refractivity contribution >= 4 is 22.9 Å². The summed E-state index contributed by atoms with van der Waals surface area (Å²) in [6, 6.07) is 4.73. The molecule has 0 N–H and O–H groups in total. The number of thiophene rings is 1. The Labute approximate surface area is 134 Å². The van der Waals surface area contributed by atoms with E-state index in [0.717, 1.165) is 22.5 Å². The third-order valence-electron chi connectivity index (χ3n) is 4.59. The second-order valence-electron chi connectivity index (χ2n) is 6.92. The van der Waals surface area contributed by atoms with Gasteiger partial charge < -0.3 is 4.57 Å². The first kappa shape index (κ1) is 13.8. The van der Waals surface area contributed by atoms with Crippen LogP contribution in [0.5, 0.6) is 0 Å². The van der Waals surface area contributed by atoms with Crippen molar-refractivity contribution in [3.8, 4) is 0 Å². The zero-order valence-electron chi connectivity index (χ0n) is 12.5. The van der Waals surface area contributed by atoms with Crippen LogP contribution in [-0.2, 0) is 11.8 Å². The van der Waals surface area contributed by atoms with E-state index in [0.29, 0.717) is 6.04 Å². The highest BCUT2D eigenvalue weighted by molar-refractivity contribution is 7.16. The average molecular weight is 322 g/mol. The first-order valence-electron chi connectivity index (χ1n) is 7.76. The lowest BCUT2D eigenvalue weighted by molar-refractivity contribution is 0.529. The fourth-order valence-electron chi connectivity index (χ4n) is 2.95. The van der Waals surface area contributed by atoms with E-state index in [9.17, 15) is 0 Å². The van der Waals surface area contributed by atoms with E-state index in [1.54, 1.807) is 11.3 Å². The van der Waals surface area contributed by atoms with Gasteiger partial charge in [-0.15, -0.1) is 21.5 Å². The molecule has 0 atom stereocenters. The van der Waals surface area contributed by atoms with Crippen LogP contribution in [0.4, 0.5) is 0 Å². The number of aromatic nitrogens is 3. The maximum absolute atomic E-state index is 6.13. The molecule has 0 radical (unpaired) electrons. The molecule has 2 aromatic rings. The summed E-state index contributed by atoms with van der Waals surface area (Å²) in [7, 11) is 0. The van der Waals surface area contributed by atoms with Crippen molar-refractivity contribution in [1.82, 2.24) is 14.8 Å². The minimum Gasteiger partial charge on any atom is -0.311 e. The molecular weight excluding hydrogens is 302 g/mol. The predicted octanol–water partition coefficient (Wildman–Crippen LogP) is 4.61. The molecule has 0 aliphatic heterocycles. The topological polar surface area (TPSA) is 30.7 Å². The summed E-state index contributed by atoms with van der Waals surface area (Å²) in [5.74, 6) is 3.16. The van der Waals surface area contributed by atoms with Gasteiger partial charge in [-0.3, -0.25) is 0 Å². The van der Waals surface area contributed by atoms with Gasteiger partial charge in [-0.25, -0.2) is 0 Å². The molecule has 0 aromatic carbocycles. The van der Waals surface area contributed by atoms with Crippen molar-refractivity contribution in [2.75, 3.05) is 0 Å². The van der Waals surface area contributed by atoms with E-state index in [-0.39, 0.29) is 5.41 Å². The van der Waals surface area contributed by atoms with Crippen LogP contribution in [0.25, 0.3) is 0 Å². The van der Waals surface area contributed by atoms with E-state index in [1.165, 1.54) is 36.4 Å². The zero-order chi connectivity index (χ0) is 14.6. The first-order valence-corrected chi connectivity index (χ1v) is 8.95. The molecule has 0 unspecified atom stereocenters. The maximum atomic E-state index is 6.13. The minimum atomic E-state index is -0.130. The Morgan fingerprint density at radius 3 is 2.57 bits per heavy atom. The molecule has 5 heteroatoms. The molecule has 2 saturated carbocycles. The zero-order valence-corrected chi connectivity index (χ0v) is 14.0. The third kappa shape index (κ3) is 2.53. The largest absolute Gasteiger partial charge is 0.311 e. The second kappa shape index (κ2) is 4.82. The Morgan fingerprint density at radius 1 is 1.24 bits per heavy atom. The predicted molar refractivity (Wildman–Crippen MR) is 86.2 cm³/mol. The molecule has 4 rings (SSSR count). The van der Waals surface area contributed by atoms with Crippen LogP contribution in [0.2, 0.25) is 4.34 Å². The summed E-state index contributed by atoms with van der Waals surface area (Å²) in [4.78, 5) is 1.26. The van der Waals surface area contributed by atoms with Crippen LogP contribution in [0.15, 0.2) is 12.1 Å². The summed E-state index contributed by atoms with van der Waals surface area (Å²) in [5.41, 5.74) is -0.130. The van der Waals surface area contributed by atoms with Crippen molar-refractivity contribution in [3.05, 3.63) is 33.0 Å². The highest BCUT2D eigenvalue weighted by Crippen LogP contribution is 2.44. The quantitative estimate of drug-likeness (QED) is 0.805. The lowest BCUT2D eigenvalue weighted by Crippen LogP contribution is -2.24. The third-order valence-corrected chi connectivity index (χ3v) is 6.15. The maximum Gasteiger partial charge on any atom is 0.144 e. The van der Waals surface area contributed by atoms with Gasteiger partial charge in [0.15, 0.2) is 0 Å². The van der Waals surface area contributed by atoms with Crippen molar-refractivity contribution in [2.45, 2.75) is 57.4 Å². The Balaban J connectivity index is 1.74. The first-order chi connectivity index (χ1) is 10.1. The number of halogens is 1. The van der Waals surface area contributed by atoms with E-state index < -0.39 is 0 Å². The normalized spacial score (nSPS) is 19.2. The van der Waals surface area contributed by atoms with Crippen molar-refractivity contribution in [2.24, 2.45) is 5.92 Å². The van der Waals surface area contributed by atoms with Gasteiger partial charge in [-0.1, -0.05) is 11.6 Å². The number of hydrogen-bond donors (Lipinski definition) is 0. The van der Waals surface area contributed by atoms with Crippen molar-refractivity contribution < 1.29 is 0 Å². The molecule has 112 valence electrons. The lowest BCUT2D eigenvalue weighted by Gasteiger charge is -2.23. The molecular formula is C16H20ClN3S. The van der Waals surface area contributed by atoms with Gasteiger partial charge in [0.05, 0.1) is 9.75 Å². The number of hydrogen-bond acceptors (Lipinski definition) is 3. The lowest BCUT2D eigenvalue weighted by atomic mass is 9.90. The van der Waals surface area contributed by atoms with Gasteiger partial charge in [0.2, 0.25) is 0 Å². The van der Waals surface area contributed by atoms with E-state index in [1.807, 2.05) is 6.07 Å². The highest BCUT2D eigenvalue weighted by atomic mass is 35.5. The molecule has 0 amide bonds. The fraction of sp³-hybridized carbons (Fsp3) is 0.625. The number of nitrogens with zero attached hydrogens (tertiary/aromatic N) is 3. The summed E-state index contributed by atoms with van der Waals surface area (Å²) in [6.45, 7) is 4.47. The van der Waals surface area contributed by atoms with E-state index >= 15 is 0 Å².